The van der Waals surface area contributed by atoms with Crippen molar-refractivity contribution in [2.45, 2.75) is 64.6 Å². The molecule has 4 heteroatoms. The minimum atomic E-state index is -0.149. The topological polar surface area (TPSA) is 58.9 Å². The molecular weight excluding hydrogens is 232 g/mol. The largest absolute Gasteiger partial charge is 0.396 e. The van der Waals surface area contributed by atoms with E-state index in [4.69, 9.17) is 19.7 Å². The van der Waals surface area contributed by atoms with E-state index in [0.717, 1.165) is 32.3 Å². The van der Waals surface area contributed by atoms with E-state index >= 15 is 0 Å². The van der Waals surface area contributed by atoms with Gasteiger partial charge in [0.25, 0.3) is 0 Å². The Hall–Kier alpha value is -0.160. The van der Waals surface area contributed by atoms with Gasteiger partial charge < -0.3 is 19.7 Å². The second-order valence-electron chi connectivity index (χ2n) is 5.34. The summed E-state index contributed by atoms with van der Waals surface area (Å²) in [6, 6.07) is 0. The third-order valence-corrected chi connectivity index (χ3v) is 2.89. The number of ether oxygens (including phenoxy) is 2. The van der Waals surface area contributed by atoms with Crippen LogP contribution >= 0.6 is 0 Å². The summed E-state index contributed by atoms with van der Waals surface area (Å²) in [6.07, 6.45) is 4.54. The fraction of sp³-hybridized carbons (Fsp3) is 1.00. The smallest absolute Gasteiger partial charge is 0.0627 e. The number of aliphatic hydroxyl groups is 2. The van der Waals surface area contributed by atoms with Gasteiger partial charge in [-0.3, -0.25) is 0 Å². The van der Waals surface area contributed by atoms with Crippen LogP contribution < -0.4 is 0 Å². The fourth-order valence-corrected chi connectivity index (χ4v) is 1.73. The van der Waals surface area contributed by atoms with Gasteiger partial charge >= 0.3 is 0 Å². The molecule has 0 spiro atoms. The third kappa shape index (κ3) is 11.0. The highest BCUT2D eigenvalue weighted by Gasteiger charge is 2.17. The van der Waals surface area contributed by atoms with Gasteiger partial charge in [-0.15, -0.1) is 0 Å². The van der Waals surface area contributed by atoms with Crippen molar-refractivity contribution in [2.24, 2.45) is 0 Å². The molecule has 0 bridgehead atoms. The number of aliphatic hydroxyl groups excluding tert-OH is 2. The van der Waals surface area contributed by atoms with E-state index in [1.54, 1.807) is 0 Å². The number of hydrogen-bond acceptors (Lipinski definition) is 4. The highest BCUT2D eigenvalue weighted by Crippen LogP contribution is 2.17. The van der Waals surface area contributed by atoms with Crippen LogP contribution in [-0.4, -0.2) is 48.3 Å². The second-order valence-corrected chi connectivity index (χ2v) is 5.34. The quantitative estimate of drug-likeness (QED) is 0.529. The first-order chi connectivity index (χ1) is 8.52. The molecule has 0 aliphatic heterocycles. The van der Waals surface area contributed by atoms with E-state index in [1.807, 2.05) is 6.92 Å². The van der Waals surface area contributed by atoms with Crippen LogP contribution in [-0.2, 0) is 9.47 Å². The molecule has 0 radical (unpaired) electrons. The van der Waals surface area contributed by atoms with Crippen LogP contribution in [0.1, 0.15) is 52.9 Å². The second kappa shape index (κ2) is 10.7. The molecule has 110 valence electrons. The number of hydrogen-bond donors (Lipinski definition) is 2. The average Bonchev–Trinajstić information content (AvgIpc) is 2.33. The first-order valence-electron chi connectivity index (χ1n) is 6.99. The van der Waals surface area contributed by atoms with Gasteiger partial charge in [-0.05, 0) is 52.9 Å². The summed E-state index contributed by atoms with van der Waals surface area (Å²) in [5.74, 6) is 0. The van der Waals surface area contributed by atoms with E-state index in [9.17, 15) is 0 Å². The molecule has 0 aliphatic carbocycles. The van der Waals surface area contributed by atoms with Crippen molar-refractivity contribution in [1.82, 2.24) is 0 Å². The molecule has 0 aliphatic rings. The Balaban J connectivity index is 3.47. The molecule has 0 aromatic rings. The zero-order valence-corrected chi connectivity index (χ0v) is 12.2. The van der Waals surface area contributed by atoms with Gasteiger partial charge in [0.15, 0.2) is 0 Å². The lowest BCUT2D eigenvalue weighted by Crippen LogP contribution is -2.25. The first kappa shape index (κ1) is 17.8. The molecule has 18 heavy (non-hydrogen) atoms. The maximum Gasteiger partial charge on any atom is 0.0627 e. The molecule has 0 heterocycles. The van der Waals surface area contributed by atoms with Gasteiger partial charge in [-0.25, -0.2) is 0 Å². The van der Waals surface area contributed by atoms with Crippen molar-refractivity contribution in [3.05, 3.63) is 0 Å². The molecule has 2 N–H and O–H groups in total. The summed E-state index contributed by atoms with van der Waals surface area (Å²) in [5, 5.41) is 17.4. The molecular formula is C14H30O4. The maximum absolute atomic E-state index is 8.79. The van der Waals surface area contributed by atoms with Crippen LogP contribution in [0, 0.1) is 0 Å². The van der Waals surface area contributed by atoms with E-state index in [0.29, 0.717) is 13.0 Å². The summed E-state index contributed by atoms with van der Waals surface area (Å²) < 4.78 is 11.3. The Labute approximate surface area is 111 Å². The molecule has 1 unspecified atom stereocenters. The summed E-state index contributed by atoms with van der Waals surface area (Å²) in [7, 11) is 0. The molecule has 0 aromatic carbocycles. The van der Waals surface area contributed by atoms with E-state index in [-0.39, 0.29) is 24.9 Å². The SMILES string of the molecule is CC(CCCOC(C)(C)CCCO)OCCCO. The van der Waals surface area contributed by atoms with Crippen LogP contribution in [0.2, 0.25) is 0 Å². The molecule has 0 aromatic heterocycles. The molecule has 0 saturated carbocycles. The molecule has 0 fully saturated rings. The Morgan fingerprint density at radius 3 is 2.28 bits per heavy atom. The molecule has 0 rings (SSSR count). The Morgan fingerprint density at radius 1 is 1.00 bits per heavy atom. The minimum Gasteiger partial charge on any atom is -0.396 e. The summed E-state index contributed by atoms with van der Waals surface area (Å²) in [5.41, 5.74) is -0.149. The molecule has 4 nitrogen and oxygen atoms in total. The Morgan fingerprint density at radius 2 is 1.67 bits per heavy atom. The van der Waals surface area contributed by atoms with Crippen molar-refractivity contribution in [3.63, 3.8) is 0 Å². The zero-order chi connectivity index (χ0) is 13.9. The predicted octanol–water partition coefficient (Wildman–Crippen LogP) is 2.12. The van der Waals surface area contributed by atoms with Gasteiger partial charge in [-0.2, -0.15) is 0 Å². The minimum absolute atomic E-state index is 0.149. The van der Waals surface area contributed by atoms with Gasteiger partial charge in [0.1, 0.15) is 0 Å². The zero-order valence-electron chi connectivity index (χ0n) is 12.2. The van der Waals surface area contributed by atoms with Crippen LogP contribution in [0.4, 0.5) is 0 Å². The van der Waals surface area contributed by atoms with Gasteiger partial charge in [0.2, 0.25) is 0 Å². The average molecular weight is 262 g/mol. The van der Waals surface area contributed by atoms with Crippen LogP contribution in [0.25, 0.3) is 0 Å². The maximum atomic E-state index is 8.79. The first-order valence-corrected chi connectivity index (χ1v) is 6.99. The van der Waals surface area contributed by atoms with Crippen molar-refractivity contribution in [1.29, 1.82) is 0 Å². The standard InChI is InChI=1S/C14H30O4/c1-13(17-11-6-10-16)7-4-12-18-14(2,3)8-5-9-15/h13,15-16H,4-12H2,1-3H3. The van der Waals surface area contributed by atoms with Crippen LogP contribution in [0.15, 0.2) is 0 Å². The van der Waals surface area contributed by atoms with Crippen molar-refractivity contribution >= 4 is 0 Å². The van der Waals surface area contributed by atoms with Crippen molar-refractivity contribution < 1.29 is 19.7 Å². The van der Waals surface area contributed by atoms with Gasteiger partial charge in [0.05, 0.1) is 11.7 Å². The molecule has 1 atom stereocenters. The Bertz CT molecular complexity index is 183. The fourth-order valence-electron chi connectivity index (χ4n) is 1.73. The van der Waals surface area contributed by atoms with Crippen LogP contribution in [0.3, 0.4) is 0 Å². The summed E-state index contributed by atoms with van der Waals surface area (Å²) in [4.78, 5) is 0. The van der Waals surface area contributed by atoms with Gasteiger partial charge in [0, 0.05) is 26.4 Å². The van der Waals surface area contributed by atoms with E-state index < -0.39 is 0 Å². The highest BCUT2D eigenvalue weighted by atomic mass is 16.5. The normalized spacial score (nSPS) is 13.8. The summed E-state index contributed by atoms with van der Waals surface area (Å²) in [6.45, 7) is 7.94. The predicted molar refractivity (Wildman–Crippen MR) is 72.7 cm³/mol. The van der Waals surface area contributed by atoms with Crippen molar-refractivity contribution in [2.75, 3.05) is 26.4 Å². The molecule has 0 saturated heterocycles. The summed E-state index contributed by atoms with van der Waals surface area (Å²) >= 11 is 0. The van der Waals surface area contributed by atoms with Crippen LogP contribution in [0.5, 0.6) is 0 Å². The highest BCUT2D eigenvalue weighted by molar-refractivity contribution is 4.68. The molecule has 0 amide bonds. The van der Waals surface area contributed by atoms with Crippen molar-refractivity contribution in [3.8, 4) is 0 Å². The number of rotatable bonds is 12. The lowest BCUT2D eigenvalue weighted by Gasteiger charge is -2.25. The van der Waals surface area contributed by atoms with Gasteiger partial charge in [-0.1, -0.05) is 0 Å². The lowest BCUT2D eigenvalue weighted by atomic mass is 10.0. The van der Waals surface area contributed by atoms with E-state index in [1.165, 1.54) is 0 Å². The monoisotopic (exact) mass is 262 g/mol. The Kier molecular flexibility index (Phi) is 10.6. The van der Waals surface area contributed by atoms with E-state index in [2.05, 4.69) is 13.8 Å². The third-order valence-electron chi connectivity index (χ3n) is 2.89. The lowest BCUT2D eigenvalue weighted by molar-refractivity contribution is -0.0341.